The fourth-order valence-electron chi connectivity index (χ4n) is 20.3. The molecular weight excluding hydrogens is 1650 g/mol. The van der Waals surface area contributed by atoms with Crippen LogP contribution >= 0.6 is 0 Å². The summed E-state index contributed by atoms with van der Waals surface area (Å²) in [6, 6.07) is 189. The Kier molecular flexibility index (Phi) is 20.3. The molecule has 0 saturated carbocycles. The van der Waals surface area contributed by atoms with Crippen molar-refractivity contribution in [1.82, 2.24) is 9.13 Å². The monoisotopic (exact) mass is 1730 g/mol. The summed E-state index contributed by atoms with van der Waals surface area (Å²) in [4.78, 5) is 0. The minimum absolute atomic E-state index is 0.881. The smallest absolute Gasteiger partial charge is 0.143 e. The zero-order valence-electron chi connectivity index (χ0n) is 74.4. The lowest BCUT2D eigenvalue weighted by atomic mass is 9.91. The molecule has 26 rings (SSSR count). The van der Waals surface area contributed by atoms with E-state index in [1.54, 1.807) is 0 Å². The van der Waals surface area contributed by atoms with Gasteiger partial charge in [0.25, 0.3) is 0 Å². The molecule has 0 spiro atoms. The largest absolute Gasteiger partial charge is 0.455 e. The number of aromatic nitrogens is 2. The Labute approximate surface area is 788 Å². The lowest BCUT2D eigenvalue weighted by Crippen LogP contribution is -1.94. The zero-order chi connectivity index (χ0) is 89.9. The molecule has 0 saturated heterocycles. The normalized spacial score (nSPS) is 11.5. The van der Waals surface area contributed by atoms with Crippen molar-refractivity contribution < 1.29 is 8.83 Å². The highest BCUT2D eigenvalue weighted by Crippen LogP contribution is 2.47. The van der Waals surface area contributed by atoms with E-state index < -0.39 is 0 Å². The molecule has 0 unspecified atom stereocenters. The molecule has 4 heterocycles. The first-order chi connectivity index (χ1) is 67.4. The molecule has 22 aromatic carbocycles. The van der Waals surface area contributed by atoms with Crippen LogP contribution in [0.15, 0.2) is 531 Å². The first-order valence-corrected chi connectivity index (χ1v) is 46.6. The van der Waals surface area contributed by atoms with Crippen LogP contribution in [0.25, 0.3) is 255 Å². The Hall–Kier alpha value is -18.0. The summed E-state index contributed by atoms with van der Waals surface area (Å²) >= 11 is 0. The van der Waals surface area contributed by atoms with Gasteiger partial charge in [-0.05, 0) is 278 Å². The van der Waals surface area contributed by atoms with Crippen LogP contribution in [0.1, 0.15) is 0 Å². The maximum absolute atomic E-state index is 6.64. The van der Waals surface area contributed by atoms with E-state index in [-0.39, 0.29) is 0 Å². The van der Waals surface area contributed by atoms with Gasteiger partial charge in [0.15, 0.2) is 0 Å². The van der Waals surface area contributed by atoms with Crippen LogP contribution < -0.4 is 0 Å². The summed E-state index contributed by atoms with van der Waals surface area (Å²) in [6.07, 6.45) is 0. The highest BCUT2D eigenvalue weighted by molar-refractivity contribution is 6.16. The third-order valence-corrected chi connectivity index (χ3v) is 27.2. The first kappa shape index (κ1) is 80.1. The number of nitrogens with zero attached hydrogens (tertiary/aromatic N) is 2. The second-order valence-electron chi connectivity index (χ2n) is 35.4. The highest BCUT2D eigenvalue weighted by Gasteiger charge is 2.23. The molecule has 136 heavy (non-hydrogen) atoms. The second-order valence-corrected chi connectivity index (χ2v) is 35.4. The fraction of sp³-hybridized carbons (Fsp3) is 0. The Bertz CT molecular complexity index is 8990. The van der Waals surface area contributed by atoms with Gasteiger partial charge in [-0.15, -0.1) is 0 Å². The Morgan fingerprint density at radius 1 is 0.118 bits per heavy atom. The molecule has 0 radical (unpaired) electrons. The zero-order valence-corrected chi connectivity index (χ0v) is 74.4. The number of fused-ring (bicyclic) bond motifs is 12. The SMILES string of the molecule is c1ccc(-c2ccc(-c3cc(-c4ccc5oc6c(-c7ccccc7)cccc6c5c4)cc(-c4ccc5c(c4)c4cc(-c6ccccc6)ccc4n5-c4ccc(-c5ccccc5)cc4)c3)cc2)cc1.c1ccc(-c2ccc(-c3cc(-c4ccc5oc6c(-c7ccccc7)cccc6c5c4)cc(-c4ccc5c(c4)c4cc(-c6ccccc6)ccc4n5-c4cccc(-c5ccccc5)c4)c3)cc2)cc1. The van der Waals surface area contributed by atoms with Crippen LogP contribution in [0.2, 0.25) is 0 Å². The summed E-state index contributed by atoms with van der Waals surface area (Å²) in [6.45, 7) is 0. The molecule has 0 aliphatic heterocycles. The quantitative estimate of drug-likeness (QED) is 0.0967. The molecule has 4 nitrogen and oxygen atoms in total. The van der Waals surface area contributed by atoms with Gasteiger partial charge in [0.1, 0.15) is 22.3 Å². The molecule has 0 bridgehead atoms. The molecule has 0 aliphatic carbocycles. The minimum Gasteiger partial charge on any atom is -0.455 e. The third-order valence-electron chi connectivity index (χ3n) is 27.2. The average Bonchev–Trinajstić information content (AvgIpc) is 1.58. The van der Waals surface area contributed by atoms with Crippen molar-refractivity contribution in [3.05, 3.63) is 522 Å². The maximum atomic E-state index is 6.64. The number of benzene rings is 22. The molecule has 4 aromatic heterocycles. The van der Waals surface area contributed by atoms with Gasteiger partial charge < -0.3 is 18.0 Å². The van der Waals surface area contributed by atoms with Gasteiger partial charge in [-0.1, -0.05) is 388 Å². The maximum Gasteiger partial charge on any atom is 0.143 e. The number of para-hydroxylation sites is 2. The first-order valence-electron chi connectivity index (χ1n) is 46.6. The van der Waals surface area contributed by atoms with Gasteiger partial charge in [0.05, 0.1) is 22.1 Å². The van der Waals surface area contributed by atoms with Gasteiger partial charge in [-0.2, -0.15) is 0 Å². The number of hydrogen-bond acceptors (Lipinski definition) is 2. The van der Waals surface area contributed by atoms with E-state index >= 15 is 0 Å². The standard InChI is InChI=1S/2C66H43NO/c1-5-15-44(16-6-1)47-27-29-48(30-28-47)54-37-55(39-56(38-54)53-33-36-65-62(43-53)59-26-14-25-58(66(59)68-65)49-21-11-4-12-22-49)52-32-35-64-61(42-52)60-41-51(46-19-9-3-10-20-46)31-34-63(60)67(64)57-24-13-23-50(40-57)45-17-7-2-8-18-45;1-5-14-44(15-6-1)47-24-26-49(27-25-47)54-38-55(40-56(39-54)53-32-37-65-62(43-53)59-23-13-22-58(66(59)68-65)50-20-11-4-12-21-50)52-31-36-64-61(42-52)60-41-51(46-18-9-3-10-19-46)30-35-63(60)67(64)57-33-28-48(29-34-57)45-16-7-2-8-17-45/h2*1-43H. The van der Waals surface area contributed by atoms with Gasteiger partial charge in [0.2, 0.25) is 0 Å². The van der Waals surface area contributed by atoms with Crippen LogP contribution in [0.4, 0.5) is 0 Å². The van der Waals surface area contributed by atoms with Crippen molar-refractivity contribution in [3.63, 3.8) is 0 Å². The second kappa shape index (κ2) is 34.4. The summed E-state index contributed by atoms with van der Waals surface area (Å²) in [7, 11) is 0. The topological polar surface area (TPSA) is 36.1 Å². The van der Waals surface area contributed by atoms with Crippen LogP contribution in [-0.2, 0) is 0 Å². The van der Waals surface area contributed by atoms with Crippen molar-refractivity contribution >= 4 is 87.5 Å². The number of hydrogen-bond donors (Lipinski definition) is 0. The molecule has 0 N–H and O–H groups in total. The number of furan rings is 2. The minimum atomic E-state index is 0.881. The van der Waals surface area contributed by atoms with Crippen LogP contribution in [-0.4, -0.2) is 9.13 Å². The van der Waals surface area contributed by atoms with Crippen LogP contribution in [0.5, 0.6) is 0 Å². The lowest BCUT2D eigenvalue weighted by Gasteiger charge is -2.13. The van der Waals surface area contributed by atoms with Gasteiger partial charge in [0, 0.05) is 65.6 Å². The summed E-state index contributed by atoms with van der Waals surface area (Å²) in [5.74, 6) is 0. The van der Waals surface area contributed by atoms with Crippen LogP contribution in [0.3, 0.4) is 0 Å². The summed E-state index contributed by atoms with van der Waals surface area (Å²) in [5, 5.41) is 9.29. The lowest BCUT2D eigenvalue weighted by molar-refractivity contribution is 0.669. The van der Waals surface area contributed by atoms with Gasteiger partial charge in [-0.25, -0.2) is 0 Å². The Balaban J connectivity index is 0.000000145. The molecule has 0 aliphatic rings. The molecule has 4 heteroatoms. The van der Waals surface area contributed by atoms with Gasteiger partial charge >= 0.3 is 0 Å². The Morgan fingerprint density at radius 3 is 0.647 bits per heavy atom. The molecule has 0 atom stereocenters. The van der Waals surface area contributed by atoms with E-state index in [1.165, 1.54) is 122 Å². The van der Waals surface area contributed by atoms with Crippen molar-refractivity contribution in [3.8, 4) is 167 Å². The van der Waals surface area contributed by atoms with E-state index in [9.17, 15) is 0 Å². The highest BCUT2D eigenvalue weighted by atomic mass is 16.3. The molecule has 0 fully saturated rings. The fourth-order valence-corrected chi connectivity index (χ4v) is 20.3. The third kappa shape index (κ3) is 15.0. The van der Waals surface area contributed by atoms with E-state index in [2.05, 4.69) is 531 Å². The van der Waals surface area contributed by atoms with Crippen molar-refractivity contribution in [2.75, 3.05) is 0 Å². The van der Waals surface area contributed by atoms with Crippen molar-refractivity contribution in [2.45, 2.75) is 0 Å². The summed E-state index contributed by atoms with van der Waals surface area (Å²) in [5.41, 5.74) is 43.3. The van der Waals surface area contributed by atoms with E-state index in [0.717, 1.165) is 133 Å². The molecular formula is C132H86N2O2. The van der Waals surface area contributed by atoms with Crippen molar-refractivity contribution in [1.29, 1.82) is 0 Å². The molecule has 636 valence electrons. The Morgan fingerprint density at radius 2 is 0.331 bits per heavy atom. The molecule has 26 aromatic rings. The van der Waals surface area contributed by atoms with Gasteiger partial charge in [-0.3, -0.25) is 0 Å². The molecule has 0 amide bonds. The average molecular weight is 1730 g/mol. The van der Waals surface area contributed by atoms with Crippen LogP contribution in [0, 0.1) is 0 Å². The summed E-state index contributed by atoms with van der Waals surface area (Å²) < 4.78 is 18.1. The van der Waals surface area contributed by atoms with E-state index in [4.69, 9.17) is 8.83 Å². The number of rotatable bonds is 16. The van der Waals surface area contributed by atoms with E-state index in [0.29, 0.717) is 0 Å². The predicted octanol–water partition coefficient (Wildman–Crippen LogP) is 36.7. The predicted molar refractivity (Wildman–Crippen MR) is 572 cm³/mol. The van der Waals surface area contributed by atoms with Crippen molar-refractivity contribution in [2.24, 2.45) is 0 Å². The van der Waals surface area contributed by atoms with E-state index in [1.807, 2.05) is 0 Å².